The fourth-order valence-electron chi connectivity index (χ4n) is 5.72. The second-order valence-corrected chi connectivity index (χ2v) is 13.5. The number of Topliss-reactive ketones (excluding diaryl/α,β-unsaturated/α-hetero) is 1. The Bertz CT molecular complexity index is 1790. The van der Waals surface area contributed by atoms with E-state index < -0.39 is 43.6 Å². The molecule has 10 nitrogen and oxygen atoms in total. The minimum atomic E-state index is -4.41. The number of piperidine rings is 1. The van der Waals surface area contributed by atoms with Gasteiger partial charge < -0.3 is 10.2 Å². The van der Waals surface area contributed by atoms with Crippen LogP contribution in [-0.2, 0) is 36.2 Å². The second kappa shape index (κ2) is 10.1. The first-order valence-corrected chi connectivity index (χ1v) is 15.9. The first-order valence-electron chi connectivity index (χ1n) is 13.0. The zero-order valence-electron chi connectivity index (χ0n) is 21.5. The van der Waals surface area contributed by atoms with Crippen molar-refractivity contribution in [3.8, 4) is 0 Å². The maximum Gasteiger partial charge on any atom is 0.286 e. The van der Waals surface area contributed by atoms with Gasteiger partial charge in [-0.15, -0.1) is 4.40 Å². The smallest absolute Gasteiger partial charge is 0.286 e. The van der Waals surface area contributed by atoms with Crippen LogP contribution in [-0.4, -0.2) is 45.3 Å². The maximum absolute atomic E-state index is 13.8. The number of nitrogens with one attached hydrogen (secondary N) is 2. The Labute approximate surface area is 236 Å². The molecule has 212 valence electrons. The Morgan fingerprint density at radius 3 is 2.46 bits per heavy atom. The number of likely N-dealkylation sites (tertiary alicyclic amines) is 1. The third kappa shape index (κ3) is 4.99. The average Bonchev–Trinajstić information content (AvgIpc) is 3.43. The summed E-state index contributed by atoms with van der Waals surface area (Å²) in [6.45, 7) is 0.144. The molecule has 1 aliphatic carbocycles. The highest BCUT2D eigenvalue weighted by molar-refractivity contribution is 7.92. The van der Waals surface area contributed by atoms with Crippen LogP contribution in [0.2, 0.25) is 0 Å². The number of amidine groups is 1. The third-order valence-corrected chi connectivity index (χ3v) is 10.4. The van der Waals surface area contributed by atoms with E-state index in [0.717, 1.165) is 12.5 Å². The second-order valence-electron chi connectivity index (χ2n) is 10.2. The van der Waals surface area contributed by atoms with Crippen LogP contribution in [0, 0.1) is 17.7 Å². The summed E-state index contributed by atoms with van der Waals surface area (Å²) in [5.41, 5.74) is 0.748. The van der Waals surface area contributed by atoms with Gasteiger partial charge in [0.1, 0.15) is 16.5 Å². The van der Waals surface area contributed by atoms with Crippen LogP contribution in [0.3, 0.4) is 0 Å². The molecule has 1 unspecified atom stereocenters. The van der Waals surface area contributed by atoms with E-state index in [-0.39, 0.29) is 45.4 Å². The van der Waals surface area contributed by atoms with E-state index in [0.29, 0.717) is 18.4 Å². The van der Waals surface area contributed by atoms with E-state index in [2.05, 4.69) is 14.4 Å². The van der Waals surface area contributed by atoms with Gasteiger partial charge in [-0.3, -0.25) is 14.3 Å². The minimum absolute atomic E-state index is 0.000664. The number of ketones is 1. The summed E-state index contributed by atoms with van der Waals surface area (Å²) < 4.78 is 71.7. The van der Waals surface area contributed by atoms with E-state index in [1.54, 1.807) is 35.2 Å². The number of hydrogen-bond donors (Lipinski definition) is 2. The minimum Gasteiger partial charge on any atom is -0.341 e. The predicted octanol–water partition coefficient (Wildman–Crippen LogP) is 3.54. The van der Waals surface area contributed by atoms with Gasteiger partial charge in [-0.25, -0.2) is 12.8 Å². The summed E-state index contributed by atoms with van der Waals surface area (Å²) in [6.07, 6.45) is 1.94. The van der Waals surface area contributed by atoms with Gasteiger partial charge in [0.15, 0.2) is 11.7 Å². The molecule has 2 aliphatic heterocycles. The first-order chi connectivity index (χ1) is 19.5. The van der Waals surface area contributed by atoms with Crippen LogP contribution < -0.4 is 10.0 Å². The standard InChI is InChI=1S/C28H25FN4O6S2/c29-18-11-9-17(10-12-18)16-33-23-8-4-7-21(23)26(34)25(28(33)35)27-30-22-14-13-19(15-24(22)41(38,39)32-27)31-40(36,37)20-5-2-1-3-6-20/h1-3,5-6,9-15,21,23,25,31H,4,7-8,16H2,(H,30,32)/t21-,23+,25?/m1/s1. The Morgan fingerprint density at radius 1 is 1.00 bits per heavy atom. The molecular weight excluding hydrogens is 571 g/mol. The first kappa shape index (κ1) is 27.1. The van der Waals surface area contributed by atoms with Crippen LogP contribution in [0.1, 0.15) is 24.8 Å². The van der Waals surface area contributed by atoms with Crippen LogP contribution in [0.5, 0.6) is 0 Å². The van der Waals surface area contributed by atoms with Crippen molar-refractivity contribution in [3.63, 3.8) is 0 Å². The summed E-state index contributed by atoms with van der Waals surface area (Å²) in [5.74, 6) is -3.58. The Balaban J connectivity index is 1.30. The van der Waals surface area contributed by atoms with Crippen molar-refractivity contribution in [2.45, 2.75) is 41.6 Å². The number of rotatable bonds is 6. The largest absolute Gasteiger partial charge is 0.341 e. The summed E-state index contributed by atoms with van der Waals surface area (Å²) >= 11 is 0. The SMILES string of the molecule is O=C1C(C2=NS(=O)(=O)c3cc(NS(=O)(=O)c4ccccc4)ccc3N2)C(=O)N(Cc2ccc(F)cc2)[C@H]2CCC[C@@H]12. The fourth-order valence-corrected chi connectivity index (χ4v) is 7.98. The number of sulfonamides is 2. The van der Waals surface area contributed by atoms with Crippen LogP contribution in [0.25, 0.3) is 0 Å². The highest BCUT2D eigenvalue weighted by Gasteiger charge is 2.52. The van der Waals surface area contributed by atoms with E-state index >= 15 is 0 Å². The average molecular weight is 597 g/mol. The lowest BCUT2D eigenvalue weighted by molar-refractivity contribution is -0.149. The summed E-state index contributed by atoms with van der Waals surface area (Å²) in [5, 5.41) is 2.85. The van der Waals surface area contributed by atoms with Crippen molar-refractivity contribution in [2.75, 3.05) is 10.0 Å². The molecule has 2 fully saturated rings. The normalized spacial score (nSPS) is 23.3. The van der Waals surface area contributed by atoms with E-state index in [1.807, 2.05) is 0 Å². The van der Waals surface area contributed by atoms with Gasteiger partial charge in [-0.2, -0.15) is 8.42 Å². The number of benzene rings is 3. The molecule has 3 aromatic rings. The Kier molecular flexibility index (Phi) is 6.65. The van der Waals surface area contributed by atoms with Crippen molar-refractivity contribution < 1.29 is 30.8 Å². The van der Waals surface area contributed by atoms with Gasteiger partial charge >= 0.3 is 0 Å². The van der Waals surface area contributed by atoms with Gasteiger partial charge in [0, 0.05) is 18.5 Å². The van der Waals surface area contributed by atoms with Gasteiger partial charge in [0.2, 0.25) is 5.91 Å². The topological polar surface area (TPSA) is 142 Å². The van der Waals surface area contributed by atoms with E-state index in [1.165, 1.54) is 36.4 Å². The van der Waals surface area contributed by atoms with Crippen LogP contribution in [0.4, 0.5) is 15.8 Å². The Hall–Kier alpha value is -4.10. The summed E-state index contributed by atoms with van der Waals surface area (Å²) in [6, 6.07) is 16.9. The van der Waals surface area contributed by atoms with Crippen molar-refractivity contribution in [1.82, 2.24) is 4.90 Å². The number of amides is 1. The van der Waals surface area contributed by atoms with E-state index in [9.17, 15) is 30.8 Å². The van der Waals surface area contributed by atoms with Crippen molar-refractivity contribution in [1.29, 1.82) is 0 Å². The summed E-state index contributed by atoms with van der Waals surface area (Å²) in [7, 11) is -8.39. The molecule has 13 heteroatoms. The molecule has 0 radical (unpaired) electrons. The molecule has 0 bridgehead atoms. The van der Waals surface area contributed by atoms with Gasteiger partial charge in [-0.05, 0) is 60.9 Å². The fraction of sp³-hybridized carbons (Fsp3) is 0.250. The molecule has 1 saturated heterocycles. The van der Waals surface area contributed by atoms with Crippen LogP contribution >= 0.6 is 0 Å². The quantitative estimate of drug-likeness (QED) is 0.415. The number of nitrogens with zero attached hydrogens (tertiary/aromatic N) is 2. The van der Waals surface area contributed by atoms with Gasteiger partial charge in [0.05, 0.1) is 16.3 Å². The molecule has 41 heavy (non-hydrogen) atoms. The number of carbonyl (C=O) groups is 2. The van der Waals surface area contributed by atoms with Crippen molar-refractivity contribution in [3.05, 3.63) is 84.2 Å². The number of halogens is 1. The third-order valence-electron chi connectivity index (χ3n) is 7.65. The highest BCUT2D eigenvalue weighted by atomic mass is 32.2. The Morgan fingerprint density at radius 2 is 1.73 bits per heavy atom. The number of fused-ring (bicyclic) bond motifs is 2. The molecule has 3 atom stereocenters. The van der Waals surface area contributed by atoms with Gasteiger partial charge in [-0.1, -0.05) is 36.8 Å². The highest BCUT2D eigenvalue weighted by Crippen LogP contribution is 2.40. The predicted molar refractivity (Wildman–Crippen MR) is 149 cm³/mol. The molecule has 0 spiro atoms. The lowest BCUT2D eigenvalue weighted by Crippen LogP contribution is -2.58. The molecule has 3 aliphatic rings. The molecule has 2 N–H and O–H groups in total. The van der Waals surface area contributed by atoms with E-state index in [4.69, 9.17) is 0 Å². The molecule has 0 aromatic heterocycles. The number of hydrogen-bond acceptors (Lipinski definition) is 7. The van der Waals surface area contributed by atoms with Crippen molar-refractivity contribution >= 4 is 48.9 Å². The van der Waals surface area contributed by atoms with Crippen molar-refractivity contribution in [2.24, 2.45) is 16.2 Å². The lowest BCUT2D eigenvalue weighted by Gasteiger charge is -2.41. The molecule has 6 rings (SSSR count). The molecule has 2 heterocycles. The maximum atomic E-state index is 13.8. The monoisotopic (exact) mass is 596 g/mol. The molecular formula is C28H25FN4O6S2. The van der Waals surface area contributed by atoms with Gasteiger partial charge in [0.25, 0.3) is 20.0 Å². The van der Waals surface area contributed by atoms with Crippen LogP contribution in [0.15, 0.2) is 87.0 Å². The zero-order valence-corrected chi connectivity index (χ0v) is 23.2. The molecule has 1 amide bonds. The number of carbonyl (C=O) groups excluding carboxylic acids is 2. The molecule has 1 saturated carbocycles. The molecule has 3 aromatic carbocycles. The summed E-state index contributed by atoms with van der Waals surface area (Å²) in [4.78, 5) is 28.6. The zero-order chi connectivity index (χ0) is 28.9. The lowest BCUT2D eigenvalue weighted by atomic mass is 9.81. The number of anilines is 2.